The Labute approximate surface area is 119 Å². The Hall–Kier alpha value is -1.22. The van der Waals surface area contributed by atoms with Gasteiger partial charge in [-0.1, -0.05) is 18.2 Å². The van der Waals surface area contributed by atoms with E-state index in [4.69, 9.17) is 4.74 Å². The highest BCUT2D eigenvalue weighted by molar-refractivity contribution is 5.28. The smallest absolute Gasteiger partial charge is 0.126 e. The van der Waals surface area contributed by atoms with Crippen molar-refractivity contribution in [2.45, 2.75) is 38.0 Å². The number of allylic oxidation sites excluding steroid dienone is 1. The van der Waals surface area contributed by atoms with E-state index in [0.717, 1.165) is 37.9 Å². The third kappa shape index (κ3) is 3.89. The number of halogens is 2. The lowest BCUT2D eigenvalue weighted by Gasteiger charge is -2.28. The molecule has 1 aromatic rings. The average Bonchev–Trinajstić information content (AvgIpc) is 2.47. The Balaban J connectivity index is 1.98. The second-order valence-corrected chi connectivity index (χ2v) is 5.59. The van der Waals surface area contributed by atoms with Crippen LogP contribution in [0.3, 0.4) is 0 Å². The van der Waals surface area contributed by atoms with Crippen LogP contribution >= 0.6 is 0 Å². The molecule has 2 rings (SSSR count). The molecule has 20 heavy (non-hydrogen) atoms. The van der Waals surface area contributed by atoms with Crippen LogP contribution in [0.5, 0.6) is 0 Å². The first kappa shape index (κ1) is 15.2. The number of hydrogen-bond donors (Lipinski definition) is 0. The van der Waals surface area contributed by atoms with Gasteiger partial charge in [-0.25, -0.2) is 8.78 Å². The molecule has 0 bridgehead atoms. The van der Waals surface area contributed by atoms with E-state index in [1.165, 1.54) is 6.08 Å². The quantitative estimate of drug-likeness (QED) is 0.754. The number of methoxy groups -OCH3 is 1. The first-order valence-electron chi connectivity index (χ1n) is 7.27. The molecular formula is C17H22F2O. The van der Waals surface area contributed by atoms with Gasteiger partial charge >= 0.3 is 0 Å². The van der Waals surface area contributed by atoms with E-state index in [2.05, 4.69) is 0 Å². The predicted molar refractivity (Wildman–Crippen MR) is 76.9 cm³/mol. The van der Waals surface area contributed by atoms with E-state index in [-0.39, 0.29) is 5.82 Å². The van der Waals surface area contributed by atoms with E-state index in [9.17, 15) is 8.78 Å². The van der Waals surface area contributed by atoms with Crippen molar-refractivity contribution >= 4 is 0 Å². The zero-order valence-electron chi connectivity index (χ0n) is 11.9. The van der Waals surface area contributed by atoms with E-state index in [1.54, 1.807) is 19.2 Å². The SMILES string of the molecule is COCC1CCC(c2ccc(C/C=C/F)c(F)c2)CC1. The van der Waals surface area contributed by atoms with E-state index >= 15 is 0 Å². The van der Waals surface area contributed by atoms with Crippen molar-refractivity contribution in [1.29, 1.82) is 0 Å². The fourth-order valence-electron chi connectivity index (χ4n) is 3.05. The predicted octanol–water partition coefficient (Wildman–Crippen LogP) is 4.77. The summed E-state index contributed by atoms with van der Waals surface area (Å²) in [6.45, 7) is 0.829. The molecule has 0 aromatic heterocycles. The lowest BCUT2D eigenvalue weighted by atomic mass is 9.79. The molecule has 1 aromatic carbocycles. The molecule has 0 N–H and O–H groups in total. The van der Waals surface area contributed by atoms with Crippen LogP contribution < -0.4 is 0 Å². The highest BCUT2D eigenvalue weighted by atomic mass is 19.1. The maximum absolute atomic E-state index is 13.9. The summed E-state index contributed by atoms with van der Waals surface area (Å²) in [4.78, 5) is 0. The van der Waals surface area contributed by atoms with Gasteiger partial charge in [-0.15, -0.1) is 0 Å². The van der Waals surface area contributed by atoms with Gasteiger partial charge < -0.3 is 4.74 Å². The molecule has 1 fully saturated rings. The summed E-state index contributed by atoms with van der Waals surface area (Å²) in [5.74, 6) is 0.873. The van der Waals surface area contributed by atoms with Crippen LogP contribution in [0, 0.1) is 11.7 Å². The average molecular weight is 280 g/mol. The van der Waals surface area contributed by atoms with Gasteiger partial charge in [0.15, 0.2) is 0 Å². The van der Waals surface area contributed by atoms with Crippen LogP contribution in [-0.2, 0) is 11.2 Å². The summed E-state index contributed by atoms with van der Waals surface area (Å²) in [6.07, 6.45) is 6.58. The lowest BCUT2D eigenvalue weighted by molar-refractivity contribution is 0.127. The Kier molecular flexibility index (Phi) is 5.72. The van der Waals surface area contributed by atoms with Gasteiger partial charge in [0.05, 0.1) is 6.33 Å². The van der Waals surface area contributed by atoms with Crippen LogP contribution in [0.2, 0.25) is 0 Å². The Bertz CT molecular complexity index is 448. The third-order valence-corrected chi connectivity index (χ3v) is 4.22. The van der Waals surface area contributed by atoms with Gasteiger partial charge in [-0.2, -0.15) is 0 Å². The minimum atomic E-state index is -0.223. The molecule has 1 nitrogen and oxygen atoms in total. The highest BCUT2D eigenvalue weighted by Crippen LogP contribution is 2.36. The van der Waals surface area contributed by atoms with Gasteiger partial charge in [0, 0.05) is 13.7 Å². The van der Waals surface area contributed by atoms with Gasteiger partial charge in [-0.05, 0) is 61.1 Å². The number of rotatable bonds is 5. The molecule has 0 amide bonds. The Morgan fingerprint density at radius 1 is 1.25 bits per heavy atom. The zero-order valence-corrected chi connectivity index (χ0v) is 11.9. The molecule has 1 saturated carbocycles. The fraction of sp³-hybridized carbons (Fsp3) is 0.529. The maximum atomic E-state index is 13.9. The zero-order chi connectivity index (χ0) is 14.4. The van der Waals surface area contributed by atoms with Crippen molar-refractivity contribution < 1.29 is 13.5 Å². The Morgan fingerprint density at radius 2 is 2.00 bits per heavy atom. The van der Waals surface area contributed by atoms with E-state index in [1.807, 2.05) is 6.07 Å². The molecule has 0 heterocycles. The van der Waals surface area contributed by atoms with Gasteiger partial charge in [0.1, 0.15) is 5.82 Å². The molecule has 0 spiro atoms. The minimum absolute atomic E-state index is 0.223. The number of benzene rings is 1. The van der Waals surface area contributed by atoms with Crippen LogP contribution in [0.4, 0.5) is 8.78 Å². The van der Waals surface area contributed by atoms with E-state index < -0.39 is 0 Å². The summed E-state index contributed by atoms with van der Waals surface area (Å²) < 4.78 is 31.1. The largest absolute Gasteiger partial charge is 0.384 e. The second-order valence-electron chi connectivity index (χ2n) is 5.59. The minimum Gasteiger partial charge on any atom is -0.384 e. The molecule has 0 saturated heterocycles. The monoisotopic (exact) mass is 280 g/mol. The summed E-state index contributed by atoms with van der Waals surface area (Å²) in [5.41, 5.74) is 1.63. The Morgan fingerprint density at radius 3 is 2.60 bits per heavy atom. The molecule has 0 unspecified atom stereocenters. The fourth-order valence-corrected chi connectivity index (χ4v) is 3.05. The second kappa shape index (κ2) is 7.53. The number of hydrogen-bond acceptors (Lipinski definition) is 1. The summed E-state index contributed by atoms with van der Waals surface area (Å²) in [7, 11) is 1.74. The van der Waals surface area contributed by atoms with E-state index in [0.29, 0.717) is 30.1 Å². The van der Waals surface area contributed by atoms with Gasteiger partial charge in [0.2, 0.25) is 0 Å². The van der Waals surface area contributed by atoms with Crippen LogP contribution in [0.1, 0.15) is 42.7 Å². The number of ether oxygens (including phenoxy) is 1. The molecule has 0 radical (unpaired) electrons. The van der Waals surface area contributed by atoms with Crippen molar-refractivity contribution in [3.63, 3.8) is 0 Å². The third-order valence-electron chi connectivity index (χ3n) is 4.22. The summed E-state index contributed by atoms with van der Waals surface area (Å²) in [5, 5.41) is 0. The van der Waals surface area contributed by atoms with Crippen molar-refractivity contribution in [2.75, 3.05) is 13.7 Å². The molecule has 0 atom stereocenters. The molecule has 1 aliphatic carbocycles. The molecule has 1 aliphatic rings. The maximum Gasteiger partial charge on any atom is 0.126 e. The molecular weight excluding hydrogens is 258 g/mol. The van der Waals surface area contributed by atoms with Gasteiger partial charge in [-0.3, -0.25) is 0 Å². The normalized spacial score (nSPS) is 23.4. The lowest BCUT2D eigenvalue weighted by Crippen LogP contribution is -2.17. The first-order chi connectivity index (χ1) is 9.74. The molecule has 3 heteroatoms. The van der Waals surface area contributed by atoms with Gasteiger partial charge in [0.25, 0.3) is 0 Å². The van der Waals surface area contributed by atoms with Crippen LogP contribution in [0.15, 0.2) is 30.6 Å². The highest BCUT2D eigenvalue weighted by Gasteiger charge is 2.22. The first-order valence-corrected chi connectivity index (χ1v) is 7.27. The summed E-state index contributed by atoms with van der Waals surface area (Å²) in [6, 6.07) is 5.40. The molecule has 110 valence electrons. The molecule has 0 aliphatic heterocycles. The summed E-state index contributed by atoms with van der Waals surface area (Å²) >= 11 is 0. The van der Waals surface area contributed by atoms with Crippen molar-refractivity contribution in [2.24, 2.45) is 5.92 Å². The topological polar surface area (TPSA) is 9.23 Å². The van der Waals surface area contributed by atoms with Crippen molar-refractivity contribution in [1.82, 2.24) is 0 Å². The van der Waals surface area contributed by atoms with Crippen molar-refractivity contribution in [3.8, 4) is 0 Å². The standard InChI is InChI=1S/C17H22F2O/c1-20-12-13-4-6-14(7-5-13)16-9-8-15(3-2-10-18)17(19)11-16/h2,8-11,13-14H,3-7,12H2,1H3/b10-2+. The van der Waals surface area contributed by atoms with Crippen LogP contribution in [0.25, 0.3) is 0 Å². The van der Waals surface area contributed by atoms with Crippen LogP contribution in [-0.4, -0.2) is 13.7 Å². The van der Waals surface area contributed by atoms with Crippen molar-refractivity contribution in [3.05, 3.63) is 47.5 Å².